The third-order valence-electron chi connectivity index (χ3n) is 5.59. The van der Waals surface area contributed by atoms with Gasteiger partial charge in [0.05, 0.1) is 6.04 Å². The zero-order chi connectivity index (χ0) is 19.0. The number of H-pyrrole nitrogens is 1. The van der Waals surface area contributed by atoms with Gasteiger partial charge in [-0.3, -0.25) is 4.79 Å². The van der Waals surface area contributed by atoms with Crippen LogP contribution in [-0.4, -0.2) is 22.3 Å². The molecule has 1 atom stereocenters. The van der Waals surface area contributed by atoms with E-state index in [-0.39, 0.29) is 17.6 Å². The molecule has 1 fully saturated rings. The van der Waals surface area contributed by atoms with Gasteiger partial charge in [-0.25, -0.2) is 4.79 Å². The fourth-order valence-corrected chi connectivity index (χ4v) is 4.11. The van der Waals surface area contributed by atoms with Crippen LogP contribution in [0.15, 0.2) is 45.7 Å². The minimum atomic E-state index is -0.333. The van der Waals surface area contributed by atoms with Crippen LogP contribution in [0.4, 0.5) is 0 Å². The number of aromatic amines is 1. The van der Waals surface area contributed by atoms with Gasteiger partial charge in [0.1, 0.15) is 5.58 Å². The molecule has 0 spiro atoms. The van der Waals surface area contributed by atoms with Crippen molar-refractivity contribution < 1.29 is 9.21 Å². The molecule has 1 unspecified atom stereocenters. The summed E-state index contributed by atoms with van der Waals surface area (Å²) in [4.78, 5) is 30.4. The Bertz CT molecular complexity index is 1030. The maximum absolute atomic E-state index is 12.8. The second-order valence-corrected chi connectivity index (χ2v) is 7.36. The Kier molecular flexibility index (Phi) is 4.60. The number of carbonyl (C=O) groups excluding carboxylic acids is 1. The van der Waals surface area contributed by atoms with Gasteiger partial charge in [0.25, 0.3) is 0 Å². The van der Waals surface area contributed by atoms with Crippen molar-refractivity contribution in [2.75, 3.05) is 6.54 Å². The first-order valence-corrected chi connectivity index (χ1v) is 9.50. The molecule has 2 aromatic heterocycles. The molecule has 1 aliphatic rings. The molecule has 1 aliphatic heterocycles. The van der Waals surface area contributed by atoms with Crippen LogP contribution in [0.2, 0.25) is 0 Å². The Hall–Kier alpha value is -2.82. The molecule has 1 saturated heterocycles. The average Bonchev–Trinajstić information content (AvgIpc) is 3.32. The van der Waals surface area contributed by atoms with Crippen LogP contribution in [-0.2, 0) is 11.2 Å². The second kappa shape index (κ2) is 7.06. The normalized spacial score (nSPS) is 17.0. The highest BCUT2D eigenvalue weighted by Gasteiger charge is 2.30. The van der Waals surface area contributed by atoms with Crippen LogP contribution in [0.5, 0.6) is 0 Å². The molecule has 0 bridgehead atoms. The van der Waals surface area contributed by atoms with E-state index < -0.39 is 0 Å². The molecule has 5 nitrogen and oxygen atoms in total. The van der Waals surface area contributed by atoms with Crippen molar-refractivity contribution in [3.05, 3.63) is 69.3 Å². The van der Waals surface area contributed by atoms with Crippen molar-refractivity contribution in [1.82, 2.24) is 9.88 Å². The van der Waals surface area contributed by atoms with E-state index in [0.29, 0.717) is 24.0 Å². The molecule has 27 heavy (non-hydrogen) atoms. The van der Waals surface area contributed by atoms with Crippen molar-refractivity contribution >= 4 is 16.9 Å². The maximum Gasteiger partial charge on any atom is 0.339 e. The minimum absolute atomic E-state index is 0.0925. The topological polar surface area (TPSA) is 66.3 Å². The highest BCUT2D eigenvalue weighted by Crippen LogP contribution is 2.31. The molecule has 1 amide bonds. The summed E-state index contributed by atoms with van der Waals surface area (Å²) in [7, 11) is 0. The van der Waals surface area contributed by atoms with Gasteiger partial charge in [0.15, 0.2) is 0 Å². The fourth-order valence-electron chi connectivity index (χ4n) is 4.11. The fraction of sp³-hybridized carbons (Fsp3) is 0.364. The molecule has 3 heterocycles. The lowest BCUT2D eigenvalue weighted by Crippen LogP contribution is -2.31. The van der Waals surface area contributed by atoms with E-state index in [4.69, 9.17) is 4.42 Å². The zero-order valence-electron chi connectivity index (χ0n) is 15.7. The number of carbonyl (C=O) groups is 1. The standard InChI is InChI=1S/C22H24N2O3/c1-14-7-8-16-15(2)17(22(26)27-20(16)13-14)9-10-21(25)24-12-4-6-19(24)18-5-3-11-23-18/h3,5,7-8,11,13,19,23H,4,6,9-10,12H2,1-2H3. The summed E-state index contributed by atoms with van der Waals surface area (Å²) >= 11 is 0. The Labute approximate surface area is 158 Å². The van der Waals surface area contributed by atoms with E-state index in [1.807, 2.05) is 55.3 Å². The molecule has 3 aromatic rings. The van der Waals surface area contributed by atoms with Gasteiger partial charge in [0.2, 0.25) is 5.91 Å². The van der Waals surface area contributed by atoms with Crippen molar-refractivity contribution in [3.8, 4) is 0 Å². The van der Waals surface area contributed by atoms with E-state index in [0.717, 1.165) is 41.6 Å². The predicted molar refractivity (Wildman–Crippen MR) is 105 cm³/mol. The van der Waals surface area contributed by atoms with Crippen LogP contribution < -0.4 is 5.63 Å². The Morgan fingerprint density at radius 2 is 2.15 bits per heavy atom. The van der Waals surface area contributed by atoms with E-state index in [2.05, 4.69) is 4.98 Å². The van der Waals surface area contributed by atoms with E-state index in [1.54, 1.807) is 0 Å². The number of amides is 1. The molecule has 1 N–H and O–H groups in total. The summed E-state index contributed by atoms with van der Waals surface area (Å²) in [6, 6.07) is 9.97. The molecular weight excluding hydrogens is 340 g/mol. The number of nitrogens with zero attached hydrogens (tertiary/aromatic N) is 1. The molecule has 0 aliphatic carbocycles. The lowest BCUT2D eigenvalue weighted by Gasteiger charge is -2.24. The Morgan fingerprint density at radius 1 is 1.30 bits per heavy atom. The molecule has 1 aromatic carbocycles. The van der Waals surface area contributed by atoms with Gasteiger partial charge in [-0.15, -0.1) is 0 Å². The van der Waals surface area contributed by atoms with Gasteiger partial charge < -0.3 is 14.3 Å². The number of benzene rings is 1. The van der Waals surface area contributed by atoms with Crippen molar-refractivity contribution in [2.24, 2.45) is 0 Å². The Morgan fingerprint density at radius 3 is 2.93 bits per heavy atom. The van der Waals surface area contributed by atoms with Crippen LogP contribution in [0.1, 0.15) is 47.7 Å². The maximum atomic E-state index is 12.8. The molecular formula is C22H24N2O3. The van der Waals surface area contributed by atoms with Gasteiger partial charge in [-0.1, -0.05) is 12.1 Å². The number of aryl methyl sites for hydroxylation is 2. The summed E-state index contributed by atoms with van der Waals surface area (Å²) < 4.78 is 5.51. The van der Waals surface area contributed by atoms with Crippen LogP contribution in [0.25, 0.3) is 11.0 Å². The minimum Gasteiger partial charge on any atom is -0.423 e. The van der Waals surface area contributed by atoms with Gasteiger partial charge in [0, 0.05) is 35.8 Å². The number of fused-ring (bicyclic) bond motifs is 1. The number of likely N-dealkylation sites (tertiary alicyclic amines) is 1. The quantitative estimate of drug-likeness (QED) is 0.711. The summed E-state index contributed by atoms with van der Waals surface area (Å²) in [5.74, 6) is 0.0925. The average molecular weight is 364 g/mol. The number of nitrogens with one attached hydrogen (secondary N) is 1. The van der Waals surface area contributed by atoms with Crippen molar-refractivity contribution in [3.63, 3.8) is 0 Å². The monoisotopic (exact) mass is 364 g/mol. The summed E-state index contributed by atoms with van der Waals surface area (Å²) in [5, 5.41) is 0.938. The first kappa shape index (κ1) is 17.6. The third-order valence-corrected chi connectivity index (χ3v) is 5.59. The molecule has 4 rings (SSSR count). The molecule has 5 heteroatoms. The number of hydrogen-bond donors (Lipinski definition) is 1. The van der Waals surface area contributed by atoms with Gasteiger partial charge in [-0.05, 0) is 62.4 Å². The lowest BCUT2D eigenvalue weighted by molar-refractivity contribution is -0.132. The largest absolute Gasteiger partial charge is 0.423 e. The molecule has 0 saturated carbocycles. The van der Waals surface area contributed by atoms with Crippen LogP contribution in [0, 0.1) is 13.8 Å². The third kappa shape index (κ3) is 3.29. The first-order valence-electron chi connectivity index (χ1n) is 9.50. The highest BCUT2D eigenvalue weighted by atomic mass is 16.4. The lowest BCUT2D eigenvalue weighted by atomic mass is 10.0. The van der Waals surface area contributed by atoms with E-state index in [1.165, 1.54) is 0 Å². The first-order chi connectivity index (χ1) is 13.0. The van der Waals surface area contributed by atoms with Gasteiger partial charge >= 0.3 is 5.63 Å². The predicted octanol–water partition coefficient (Wildman–Crippen LogP) is 4.03. The summed E-state index contributed by atoms with van der Waals surface area (Å²) in [5.41, 5.74) is 3.93. The highest BCUT2D eigenvalue weighted by molar-refractivity contribution is 5.82. The summed E-state index contributed by atoms with van der Waals surface area (Å²) in [6.07, 6.45) is 4.60. The van der Waals surface area contributed by atoms with Crippen LogP contribution >= 0.6 is 0 Å². The number of rotatable bonds is 4. The van der Waals surface area contributed by atoms with Crippen molar-refractivity contribution in [2.45, 2.75) is 45.6 Å². The van der Waals surface area contributed by atoms with E-state index in [9.17, 15) is 9.59 Å². The number of hydrogen-bond acceptors (Lipinski definition) is 3. The molecule has 140 valence electrons. The summed E-state index contributed by atoms with van der Waals surface area (Å²) in [6.45, 7) is 4.68. The molecule has 0 radical (unpaired) electrons. The van der Waals surface area contributed by atoms with Gasteiger partial charge in [-0.2, -0.15) is 0 Å². The number of aromatic nitrogens is 1. The second-order valence-electron chi connectivity index (χ2n) is 7.36. The SMILES string of the molecule is Cc1ccc2c(C)c(CCC(=O)N3CCCC3c3ccc[nH]3)c(=O)oc2c1. The van der Waals surface area contributed by atoms with Crippen LogP contribution in [0.3, 0.4) is 0 Å². The van der Waals surface area contributed by atoms with E-state index >= 15 is 0 Å². The zero-order valence-corrected chi connectivity index (χ0v) is 15.7. The van der Waals surface area contributed by atoms with Crippen molar-refractivity contribution in [1.29, 1.82) is 0 Å². The smallest absolute Gasteiger partial charge is 0.339 e. The Balaban J connectivity index is 1.54.